The van der Waals surface area contributed by atoms with Gasteiger partial charge >= 0.3 is 5.97 Å². The topological polar surface area (TPSA) is 78.9 Å². The highest BCUT2D eigenvalue weighted by atomic mass is 16.5. The van der Waals surface area contributed by atoms with E-state index >= 15 is 0 Å². The number of rotatable bonds is 14. The molecule has 30 heavy (non-hydrogen) atoms. The molecule has 2 aromatic rings. The van der Waals surface area contributed by atoms with Crippen LogP contribution in [0, 0.1) is 5.92 Å². The lowest BCUT2D eigenvalue weighted by molar-refractivity contribution is -0.137. The van der Waals surface area contributed by atoms with E-state index in [1.165, 1.54) is 0 Å². The standard InChI is InChI=1S/C24H34N2O4/c1-26(2)17-9-16-25-24(29)20(11-4-3-5-15-23(27)28)18-30-22-14-8-12-19-10-6-7-13-21(19)22/h6-8,10,12-14,20H,3-5,9,11,15-18H2,1-2H3,(H,25,29)(H,27,28). The Bertz CT molecular complexity index is 801. The second kappa shape index (κ2) is 12.9. The lowest BCUT2D eigenvalue weighted by Gasteiger charge is -2.19. The fraction of sp³-hybridized carbons (Fsp3) is 0.500. The van der Waals surface area contributed by atoms with Gasteiger partial charge in [0.05, 0.1) is 12.5 Å². The van der Waals surface area contributed by atoms with Crippen molar-refractivity contribution in [2.24, 2.45) is 5.92 Å². The number of unbranched alkanes of at least 4 members (excludes halogenated alkanes) is 2. The van der Waals surface area contributed by atoms with Gasteiger partial charge in [0.1, 0.15) is 5.75 Å². The Labute approximate surface area is 179 Å². The summed E-state index contributed by atoms with van der Waals surface area (Å²) in [6.07, 6.45) is 4.00. The molecule has 2 rings (SSSR count). The van der Waals surface area contributed by atoms with Crippen LogP contribution in [-0.4, -0.2) is 55.7 Å². The Morgan fingerprint density at radius 1 is 1.03 bits per heavy atom. The van der Waals surface area contributed by atoms with Crippen LogP contribution in [0.5, 0.6) is 5.75 Å². The molecule has 0 aliphatic heterocycles. The van der Waals surface area contributed by atoms with Crippen molar-refractivity contribution in [1.82, 2.24) is 10.2 Å². The van der Waals surface area contributed by atoms with Crippen molar-refractivity contribution >= 4 is 22.6 Å². The number of carbonyl (C=O) groups excluding carboxylic acids is 1. The SMILES string of the molecule is CN(C)CCCNC(=O)C(CCCCCC(=O)O)COc1cccc2ccccc12. The molecule has 2 aromatic carbocycles. The molecule has 0 spiro atoms. The molecule has 0 radical (unpaired) electrons. The van der Waals surface area contributed by atoms with E-state index in [4.69, 9.17) is 9.84 Å². The van der Waals surface area contributed by atoms with Gasteiger partial charge in [-0.3, -0.25) is 9.59 Å². The van der Waals surface area contributed by atoms with E-state index in [0.717, 1.165) is 42.3 Å². The molecule has 0 fully saturated rings. The molecular formula is C24H34N2O4. The van der Waals surface area contributed by atoms with Gasteiger partial charge in [0.15, 0.2) is 0 Å². The fourth-order valence-corrected chi connectivity index (χ4v) is 3.40. The minimum Gasteiger partial charge on any atom is -0.492 e. The summed E-state index contributed by atoms with van der Waals surface area (Å²) in [7, 11) is 4.03. The number of hydrogen-bond donors (Lipinski definition) is 2. The number of carboxylic acids is 1. The minimum absolute atomic E-state index is 0.00669. The fourth-order valence-electron chi connectivity index (χ4n) is 3.40. The summed E-state index contributed by atoms with van der Waals surface area (Å²) in [6, 6.07) is 14.0. The summed E-state index contributed by atoms with van der Waals surface area (Å²) >= 11 is 0. The molecule has 6 heteroatoms. The second-order valence-electron chi connectivity index (χ2n) is 7.93. The summed E-state index contributed by atoms with van der Waals surface area (Å²) in [4.78, 5) is 25.5. The molecule has 0 bridgehead atoms. The number of carboxylic acid groups (broad SMARTS) is 1. The van der Waals surface area contributed by atoms with E-state index in [0.29, 0.717) is 26.0 Å². The van der Waals surface area contributed by atoms with Crippen LogP contribution >= 0.6 is 0 Å². The maximum absolute atomic E-state index is 12.7. The zero-order chi connectivity index (χ0) is 21.8. The highest BCUT2D eigenvalue weighted by molar-refractivity contribution is 5.88. The molecule has 0 aliphatic carbocycles. The van der Waals surface area contributed by atoms with Gasteiger partial charge in [0.2, 0.25) is 5.91 Å². The zero-order valence-electron chi connectivity index (χ0n) is 18.1. The van der Waals surface area contributed by atoms with Crippen molar-refractivity contribution in [3.63, 3.8) is 0 Å². The van der Waals surface area contributed by atoms with Crippen LogP contribution in [0.25, 0.3) is 10.8 Å². The van der Waals surface area contributed by atoms with Crippen molar-refractivity contribution in [2.45, 2.75) is 38.5 Å². The van der Waals surface area contributed by atoms with Crippen LogP contribution < -0.4 is 10.1 Å². The summed E-state index contributed by atoms with van der Waals surface area (Å²) < 4.78 is 6.08. The lowest BCUT2D eigenvalue weighted by Crippen LogP contribution is -2.35. The maximum Gasteiger partial charge on any atom is 0.303 e. The van der Waals surface area contributed by atoms with Crippen molar-refractivity contribution < 1.29 is 19.4 Å². The van der Waals surface area contributed by atoms with Gasteiger partial charge in [-0.2, -0.15) is 0 Å². The molecule has 1 atom stereocenters. The van der Waals surface area contributed by atoms with Crippen LogP contribution in [0.15, 0.2) is 42.5 Å². The number of fused-ring (bicyclic) bond motifs is 1. The highest BCUT2D eigenvalue weighted by Gasteiger charge is 2.19. The Hall–Kier alpha value is -2.60. The Balaban J connectivity index is 1.93. The molecular weight excluding hydrogens is 380 g/mol. The summed E-state index contributed by atoms with van der Waals surface area (Å²) in [5.41, 5.74) is 0. The third-order valence-electron chi connectivity index (χ3n) is 5.09. The van der Waals surface area contributed by atoms with Crippen LogP contribution in [0.2, 0.25) is 0 Å². The molecule has 1 unspecified atom stereocenters. The third-order valence-corrected chi connectivity index (χ3v) is 5.09. The molecule has 0 heterocycles. The first-order valence-corrected chi connectivity index (χ1v) is 10.7. The molecule has 0 saturated carbocycles. The van der Waals surface area contributed by atoms with Gasteiger partial charge in [-0.05, 0) is 51.4 Å². The smallest absolute Gasteiger partial charge is 0.303 e. The van der Waals surface area contributed by atoms with E-state index in [9.17, 15) is 9.59 Å². The average Bonchev–Trinajstić information content (AvgIpc) is 2.72. The van der Waals surface area contributed by atoms with Gasteiger partial charge in [-0.15, -0.1) is 0 Å². The van der Waals surface area contributed by atoms with Gasteiger partial charge in [-0.25, -0.2) is 0 Å². The third kappa shape index (κ3) is 8.41. The molecule has 1 amide bonds. The number of carbonyl (C=O) groups is 2. The molecule has 2 N–H and O–H groups in total. The van der Waals surface area contributed by atoms with E-state index in [-0.39, 0.29) is 18.2 Å². The monoisotopic (exact) mass is 414 g/mol. The lowest BCUT2D eigenvalue weighted by atomic mass is 10.00. The number of aliphatic carboxylic acids is 1. The van der Waals surface area contributed by atoms with E-state index in [2.05, 4.69) is 10.2 Å². The number of nitrogens with zero attached hydrogens (tertiary/aromatic N) is 1. The van der Waals surface area contributed by atoms with Crippen molar-refractivity contribution in [1.29, 1.82) is 0 Å². The molecule has 0 aliphatic rings. The largest absolute Gasteiger partial charge is 0.492 e. The van der Waals surface area contributed by atoms with Crippen LogP contribution in [0.4, 0.5) is 0 Å². The number of ether oxygens (including phenoxy) is 1. The summed E-state index contributed by atoms with van der Waals surface area (Å²) in [5, 5.41) is 13.9. The molecule has 6 nitrogen and oxygen atoms in total. The number of amides is 1. The van der Waals surface area contributed by atoms with Crippen LogP contribution in [0.1, 0.15) is 38.5 Å². The maximum atomic E-state index is 12.7. The van der Waals surface area contributed by atoms with Crippen LogP contribution in [-0.2, 0) is 9.59 Å². The van der Waals surface area contributed by atoms with E-state index in [1.807, 2.05) is 56.6 Å². The quantitative estimate of drug-likeness (QED) is 0.458. The molecule has 0 saturated heterocycles. The van der Waals surface area contributed by atoms with Gasteiger partial charge < -0.3 is 20.1 Å². The first kappa shape index (κ1) is 23.7. The van der Waals surface area contributed by atoms with Crippen molar-refractivity contribution in [3.05, 3.63) is 42.5 Å². The number of benzene rings is 2. The minimum atomic E-state index is -0.774. The zero-order valence-corrected chi connectivity index (χ0v) is 18.1. The van der Waals surface area contributed by atoms with Crippen LogP contribution in [0.3, 0.4) is 0 Å². The first-order chi connectivity index (χ1) is 14.5. The number of hydrogen-bond acceptors (Lipinski definition) is 4. The first-order valence-electron chi connectivity index (χ1n) is 10.7. The average molecular weight is 415 g/mol. The van der Waals surface area contributed by atoms with Gasteiger partial charge in [-0.1, -0.05) is 49.2 Å². The number of nitrogens with one attached hydrogen (secondary N) is 1. The normalized spacial score (nSPS) is 12.1. The Morgan fingerprint density at radius 2 is 1.80 bits per heavy atom. The van der Waals surface area contributed by atoms with Crippen molar-refractivity contribution in [2.75, 3.05) is 33.8 Å². The summed E-state index contributed by atoms with van der Waals surface area (Å²) in [5.74, 6) is -0.241. The Kier molecular flexibility index (Phi) is 10.1. The predicted octanol–water partition coefficient (Wildman–Crippen LogP) is 3.94. The predicted molar refractivity (Wildman–Crippen MR) is 120 cm³/mol. The van der Waals surface area contributed by atoms with Gasteiger partial charge in [0.25, 0.3) is 0 Å². The molecule has 0 aromatic heterocycles. The van der Waals surface area contributed by atoms with Gasteiger partial charge in [0, 0.05) is 18.4 Å². The second-order valence-corrected chi connectivity index (χ2v) is 7.93. The highest BCUT2D eigenvalue weighted by Crippen LogP contribution is 2.26. The van der Waals surface area contributed by atoms with E-state index < -0.39 is 5.97 Å². The summed E-state index contributed by atoms with van der Waals surface area (Å²) in [6.45, 7) is 1.87. The molecule has 164 valence electrons. The Morgan fingerprint density at radius 3 is 2.57 bits per heavy atom. The van der Waals surface area contributed by atoms with Crippen molar-refractivity contribution in [3.8, 4) is 5.75 Å². The van der Waals surface area contributed by atoms with E-state index in [1.54, 1.807) is 0 Å².